The van der Waals surface area contributed by atoms with Crippen molar-refractivity contribution < 1.29 is 4.79 Å². The molecular formula is C17H20N2O. The minimum absolute atomic E-state index is 0.0512. The third-order valence-electron chi connectivity index (χ3n) is 3.55. The van der Waals surface area contributed by atoms with E-state index in [1.54, 1.807) is 0 Å². The summed E-state index contributed by atoms with van der Waals surface area (Å²) in [4.78, 5) is 12.2. The van der Waals surface area contributed by atoms with E-state index in [0.29, 0.717) is 5.56 Å². The summed E-state index contributed by atoms with van der Waals surface area (Å²) in [6, 6.07) is 13.2. The first kappa shape index (κ1) is 14.1. The van der Waals surface area contributed by atoms with Gasteiger partial charge < -0.3 is 11.1 Å². The number of amides is 1. The highest BCUT2D eigenvalue weighted by Crippen LogP contribution is 2.16. The molecule has 0 spiro atoms. The van der Waals surface area contributed by atoms with Crippen molar-refractivity contribution in [3.63, 3.8) is 0 Å². The van der Waals surface area contributed by atoms with E-state index < -0.39 is 0 Å². The number of nitrogen functional groups attached to an aromatic ring is 1. The molecule has 0 bridgehead atoms. The minimum Gasteiger partial charge on any atom is -0.399 e. The lowest BCUT2D eigenvalue weighted by Gasteiger charge is -2.15. The van der Waals surface area contributed by atoms with Gasteiger partial charge in [-0.2, -0.15) is 0 Å². The van der Waals surface area contributed by atoms with E-state index in [2.05, 4.69) is 5.32 Å². The summed E-state index contributed by atoms with van der Waals surface area (Å²) in [6.45, 7) is 6.01. The van der Waals surface area contributed by atoms with Crippen molar-refractivity contribution in [2.24, 2.45) is 0 Å². The first-order valence-electron chi connectivity index (χ1n) is 6.71. The van der Waals surface area contributed by atoms with Crippen molar-refractivity contribution in [2.75, 3.05) is 5.73 Å². The van der Waals surface area contributed by atoms with Crippen molar-refractivity contribution in [1.29, 1.82) is 0 Å². The normalized spacial score (nSPS) is 11.9. The molecule has 1 atom stereocenters. The van der Waals surface area contributed by atoms with Crippen LogP contribution in [0.15, 0.2) is 42.5 Å². The van der Waals surface area contributed by atoms with E-state index in [9.17, 15) is 4.79 Å². The predicted octanol–water partition coefficient (Wildman–Crippen LogP) is 3.38. The zero-order valence-corrected chi connectivity index (χ0v) is 12.1. The monoisotopic (exact) mass is 268 g/mol. The van der Waals surface area contributed by atoms with Crippen molar-refractivity contribution in [2.45, 2.75) is 26.8 Å². The number of nitrogens with one attached hydrogen (secondary N) is 1. The zero-order valence-electron chi connectivity index (χ0n) is 12.1. The van der Waals surface area contributed by atoms with Gasteiger partial charge in [0.15, 0.2) is 0 Å². The number of anilines is 1. The van der Waals surface area contributed by atoms with Crippen molar-refractivity contribution in [3.05, 3.63) is 64.7 Å². The highest BCUT2D eigenvalue weighted by atomic mass is 16.1. The van der Waals surface area contributed by atoms with Crippen LogP contribution in [-0.2, 0) is 0 Å². The van der Waals surface area contributed by atoms with Crippen LogP contribution in [0.5, 0.6) is 0 Å². The minimum atomic E-state index is -0.0579. The van der Waals surface area contributed by atoms with Crippen LogP contribution in [0.2, 0.25) is 0 Å². The van der Waals surface area contributed by atoms with Crippen molar-refractivity contribution in [1.82, 2.24) is 5.32 Å². The second-order valence-corrected chi connectivity index (χ2v) is 5.16. The Morgan fingerprint density at radius 2 is 1.70 bits per heavy atom. The summed E-state index contributed by atoms with van der Waals surface area (Å²) in [5.41, 5.74) is 10.4. The van der Waals surface area contributed by atoms with Gasteiger partial charge in [-0.3, -0.25) is 4.79 Å². The largest absolute Gasteiger partial charge is 0.399 e. The Hall–Kier alpha value is -2.29. The fraction of sp³-hybridized carbons (Fsp3) is 0.235. The van der Waals surface area contributed by atoms with Gasteiger partial charge in [0, 0.05) is 11.3 Å². The molecule has 1 amide bonds. The Bertz CT molecular complexity index is 617. The molecule has 2 aromatic rings. The molecule has 2 aromatic carbocycles. The van der Waals surface area contributed by atoms with E-state index >= 15 is 0 Å². The molecule has 0 aliphatic heterocycles. The number of nitrogens with two attached hydrogens (primary N) is 1. The summed E-state index contributed by atoms with van der Waals surface area (Å²) < 4.78 is 0. The van der Waals surface area contributed by atoms with Gasteiger partial charge in [0.05, 0.1) is 6.04 Å². The van der Waals surface area contributed by atoms with Gasteiger partial charge in [-0.15, -0.1) is 0 Å². The third-order valence-corrected chi connectivity index (χ3v) is 3.55. The first-order chi connectivity index (χ1) is 9.47. The van der Waals surface area contributed by atoms with Crippen LogP contribution >= 0.6 is 0 Å². The molecule has 0 radical (unpaired) electrons. The molecule has 0 aliphatic rings. The van der Waals surface area contributed by atoms with E-state index in [-0.39, 0.29) is 11.9 Å². The first-order valence-corrected chi connectivity index (χ1v) is 6.71. The maximum atomic E-state index is 12.2. The lowest BCUT2D eigenvalue weighted by atomic mass is 10.0. The zero-order chi connectivity index (χ0) is 14.7. The number of carbonyl (C=O) groups is 1. The number of hydrogen-bond acceptors (Lipinski definition) is 2. The quantitative estimate of drug-likeness (QED) is 0.838. The van der Waals surface area contributed by atoms with Gasteiger partial charge in [0.1, 0.15) is 0 Å². The lowest BCUT2D eigenvalue weighted by Crippen LogP contribution is -2.26. The SMILES string of the molecule is Cc1ccc(C(=O)NC(C)c2ccc(N)cc2)cc1C. The highest BCUT2D eigenvalue weighted by molar-refractivity contribution is 5.94. The number of aryl methyl sites for hydroxylation is 2. The highest BCUT2D eigenvalue weighted by Gasteiger charge is 2.11. The van der Waals surface area contributed by atoms with E-state index in [1.807, 2.05) is 63.2 Å². The molecular weight excluding hydrogens is 248 g/mol. The van der Waals surface area contributed by atoms with Crippen LogP contribution in [0.25, 0.3) is 0 Å². The molecule has 3 heteroatoms. The molecule has 0 heterocycles. The van der Waals surface area contributed by atoms with Gasteiger partial charge >= 0.3 is 0 Å². The Morgan fingerprint density at radius 3 is 2.30 bits per heavy atom. The van der Waals surface area contributed by atoms with Gasteiger partial charge in [0.25, 0.3) is 5.91 Å². The van der Waals surface area contributed by atoms with Crippen LogP contribution in [0, 0.1) is 13.8 Å². The van der Waals surface area contributed by atoms with Gasteiger partial charge in [-0.25, -0.2) is 0 Å². The standard InChI is InChI=1S/C17H20N2O/c1-11-4-5-15(10-12(11)2)17(20)19-13(3)14-6-8-16(18)9-7-14/h4-10,13H,18H2,1-3H3,(H,19,20). The molecule has 0 saturated heterocycles. The van der Waals surface area contributed by atoms with Crippen LogP contribution in [0.1, 0.15) is 40.0 Å². The fourth-order valence-corrected chi connectivity index (χ4v) is 2.03. The molecule has 104 valence electrons. The molecule has 0 aromatic heterocycles. The Kier molecular flexibility index (Phi) is 4.08. The lowest BCUT2D eigenvalue weighted by molar-refractivity contribution is 0.0940. The number of benzene rings is 2. The fourth-order valence-electron chi connectivity index (χ4n) is 2.03. The van der Waals surface area contributed by atoms with Crippen LogP contribution in [-0.4, -0.2) is 5.91 Å². The molecule has 20 heavy (non-hydrogen) atoms. The van der Waals surface area contributed by atoms with Gasteiger partial charge in [-0.1, -0.05) is 18.2 Å². The summed E-state index contributed by atoms with van der Waals surface area (Å²) in [5.74, 6) is -0.0579. The second kappa shape index (κ2) is 5.78. The predicted molar refractivity (Wildman–Crippen MR) is 82.7 cm³/mol. The molecule has 1 unspecified atom stereocenters. The Labute approximate surface area is 119 Å². The van der Waals surface area contributed by atoms with Crippen LogP contribution in [0.4, 0.5) is 5.69 Å². The summed E-state index contributed by atoms with van der Waals surface area (Å²) in [7, 11) is 0. The Balaban J connectivity index is 2.10. The van der Waals surface area contributed by atoms with Crippen LogP contribution < -0.4 is 11.1 Å². The average Bonchev–Trinajstić information content (AvgIpc) is 2.42. The summed E-state index contributed by atoms with van der Waals surface area (Å²) >= 11 is 0. The molecule has 0 aliphatic carbocycles. The van der Waals surface area contributed by atoms with Gasteiger partial charge in [-0.05, 0) is 61.7 Å². The second-order valence-electron chi connectivity index (χ2n) is 5.16. The maximum absolute atomic E-state index is 12.2. The number of carbonyl (C=O) groups excluding carboxylic acids is 1. The summed E-state index contributed by atoms with van der Waals surface area (Å²) in [6.07, 6.45) is 0. The molecule has 0 fully saturated rings. The molecule has 3 nitrogen and oxygen atoms in total. The van der Waals surface area contributed by atoms with Gasteiger partial charge in [0.2, 0.25) is 0 Å². The summed E-state index contributed by atoms with van der Waals surface area (Å²) in [5, 5.41) is 3.00. The van der Waals surface area contributed by atoms with E-state index in [4.69, 9.17) is 5.73 Å². The number of rotatable bonds is 3. The smallest absolute Gasteiger partial charge is 0.251 e. The molecule has 0 saturated carbocycles. The van der Waals surface area contributed by atoms with Crippen LogP contribution in [0.3, 0.4) is 0 Å². The number of hydrogen-bond donors (Lipinski definition) is 2. The van der Waals surface area contributed by atoms with E-state index in [1.165, 1.54) is 5.56 Å². The van der Waals surface area contributed by atoms with E-state index in [0.717, 1.165) is 16.8 Å². The average molecular weight is 268 g/mol. The Morgan fingerprint density at radius 1 is 1.05 bits per heavy atom. The molecule has 2 rings (SSSR count). The van der Waals surface area contributed by atoms with Crippen molar-refractivity contribution >= 4 is 11.6 Å². The molecule has 3 N–H and O–H groups in total. The maximum Gasteiger partial charge on any atom is 0.251 e. The van der Waals surface area contributed by atoms with Crippen molar-refractivity contribution in [3.8, 4) is 0 Å². The third kappa shape index (κ3) is 3.18. The topological polar surface area (TPSA) is 55.1 Å².